The summed E-state index contributed by atoms with van der Waals surface area (Å²) >= 11 is 6.38. The number of benzene rings is 1. The summed E-state index contributed by atoms with van der Waals surface area (Å²) in [6.07, 6.45) is 8.27. The molecule has 2 fully saturated rings. The van der Waals surface area contributed by atoms with Crippen molar-refractivity contribution in [2.24, 2.45) is 0 Å². The highest BCUT2D eigenvalue weighted by Crippen LogP contribution is 2.26. The number of fused-ring (bicyclic) bond motifs is 1. The minimum atomic E-state index is -0.213. The largest absolute Gasteiger partial charge is 0.343 e. The lowest BCUT2D eigenvalue weighted by Crippen LogP contribution is -2.53. The van der Waals surface area contributed by atoms with Crippen LogP contribution in [-0.2, 0) is 17.9 Å². The first-order valence-electron chi connectivity index (χ1n) is 12.7. The molecule has 0 spiro atoms. The Morgan fingerprint density at radius 2 is 1.74 bits per heavy atom. The van der Waals surface area contributed by atoms with E-state index in [0.717, 1.165) is 48.5 Å². The van der Waals surface area contributed by atoms with Gasteiger partial charge in [0.15, 0.2) is 0 Å². The first-order valence-corrected chi connectivity index (χ1v) is 13.1. The molecule has 0 bridgehead atoms. The van der Waals surface area contributed by atoms with Gasteiger partial charge in [-0.25, -0.2) is 4.68 Å². The van der Waals surface area contributed by atoms with Crippen LogP contribution < -0.4 is 5.56 Å². The summed E-state index contributed by atoms with van der Waals surface area (Å²) in [6, 6.07) is 8.42. The number of halogens is 1. The number of carbonyl (C=O) groups is 1. The van der Waals surface area contributed by atoms with Gasteiger partial charge < -0.3 is 9.47 Å². The van der Waals surface area contributed by atoms with Gasteiger partial charge in [-0.1, -0.05) is 49.1 Å². The Balaban J connectivity index is 1.32. The highest BCUT2D eigenvalue weighted by atomic mass is 35.5. The summed E-state index contributed by atoms with van der Waals surface area (Å²) in [7, 11) is 0. The minimum absolute atomic E-state index is 0.0214. The third-order valence-electron chi connectivity index (χ3n) is 7.93. The maximum Gasteiger partial charge on any atom is 0.276 e. The summed E-state index contributed by atoms with van der Waals surface area (Å²) in [6.45, 7) is 7.78. The molecule has 2 aromatic heterocycles. The van der Waals surface area contributed by atoms with Crippen molar-refractivity contribution in [3.05, 3.63) is 62.8 Å². The molecule has 1 amide bonds. The van der Waals surface area contributed by atoms with Crippen LogP contribution >= 0.6 is 11.6 Å². The van der Waals surface area contributed by atoms with Gasteiger partial charge >= 0.3 is 0 Å². The molecular weight excluding hydrogens is 462 g/mol. The zero-order chi connectivity index (χ0) is 24.5. The van der Waals surface area contributed by atoms with E-state index in [2.05, 4.69) is 14.6 Å². The lowest BCUT2D eigenvalue weighted by molar-refractivity contribution is -0.134. The zero-order valence-corrected chi connectivity index (χ0v) is 21.4. The molecule has 1 saturated heterocycles. The number of hydrogen-bond acceptors (Lipinski definition) is 4. The minimum Gasteiger partial charge on any atom is -0.343 e. The van der Waals surface area contributed by atoms with Gasteiger partial charge in [0.05, 0.1) is 11.6 Å². The molecular formula is C27H34ClN5O2. The second-order valence-electron chi connectivity index (χ2n) is 9.95. The Hall–Kier alpha value is -2.64. The van der Waals surface area contributed by atoms with Crippen LogP contribution in [0, 0.1) is 13.8 Å². The smallest absolute Gasteiger partial charge is 0.276 e. The molecule has 2 aliphatic rings. The fourth-order valence-corrected chi connectivity index (χ4v) is 6.00. The molecule has 0 N–H and O–H groups in total. The second-order valence-corrected chi connectivity index (χ2v) is 10.4. The van der Waals surface area contributed by atoms with Gasteiger partial charge in [0.25, 0.3) is 5.56 Å². The van der Waals surface area contributed by atoms with Gasteiger partial charge in [0.1, 0.15) is 6.54 Å². The molecule has 186 valence electrons. The maximum atomic E-state index is 13.4. The van der Waals surface area contributed by atoms with E-state index < -0.39 is 0 Å². The van der Waals surface area contributed by atoms with E-state index in [-0.39, 0.29) is 18.0 Å². The van der Waals surface area contributed by atoms with E-state index in [9.17, 15) is 9.59 Å². The predicted octanol–water partition coefficient (Wildman–Crippen LogP) is 3.99. The van der Waals surface area contributed by atoms with E-state index >= 15 is 0 Å². The van der Waals surface area contributed by atoms with Gasteiger partial charge in [-0.15, -0.1) is 0 Å². The molecule has 5 rings (SSSR count). The highest BCUT2D eigenvalue weighted by molar-refractivity contribution is 6.31. The average molecular weight is 496 g/mol. The molecule has 0 atom stereocenters. The number of piperazine rings is 1. The van der Waals surface area contributed by atoms with Crippen LogP contribution in [0.5, 0.6) is 0 Å². The van der Waals surface area contributed by atoms with Gasteiger partial charge in [-0.05, 0) is 38.3 Å². The lowest BCUT2D eigenvalue weighted by atomic mass is 9.94. The van der Waals surface area contributed by atoms with Gasteiger partial charge in [0, 0.05) is 60.6 Å². The third-order valence-corrected chi connectivity index (χ3v) is 8.30. The topological polar surface area (TPSA) is 63.4 Å². The monoisotopic (exact) mass is 495 g/mol. The number of rotatable bonds is 5. The number of aryl methyl sites for hydroxylation is 2. The molecule has 1 aliphatic carbocycles. The molecule has 35 heavy (non-hydrogen) atoms. The van der Waals surface area contributed by atoms with Crippen LogP contribution in [0.4, 0.5) is 0 Å². The van der Waals surface area contributed by atoms with Crippen molar-refractivity contribution in [3.8, 4) is 0 Å². The quantitative estimate of drug-likeness (QED) is 0.537. The molecule has 3 aromatic rings. The molecule has 3 heterocycles. The summed E-state index contributed by atoms with van der Waals surface area (Å²) < 4.78 is 3.43. The first kappa shape index (κ1) is 24.1. The second kappa shape index (κ2) is 10.2. The number of aromatic nitrogens is 3. The Morgan fingerprint density at radius 1 is 1.03 bits per heavy atom. The van der Waals surface area contributed by atoms with Crippen LogP contribution in [0.15, 0.2) is 35.3 Å². The molecule has 1 aliphatic heterocycles. The maximum absolute atomic E-state index is 13.4. The molecule has 1 saturated carbocycles. The lowest BCUT2D eigenvalue weighted by Gasteiger charge is -2.40. The van der Waals surface area contributed by atoms with E-state index in [4.69, 9.17) is 11.6 Å². The Bertz CT molecular complexity index is 1280. The summed E-state index contributed by atoms with van der Waals surface area (Å²) in [5.41, 5.74) is 2.62. The van der Waals surface area contributed by atoms with Crippen LogP contribution in [-0.4, -0.2) is 62.3 Å². The Morgan fingerprint density at radius 3 is 2.46 bits per heavy atom. The molecule has 0 unspecified atom stereocenters. The van der Waals surface area contributed by atoms with Gasteiger partial charge in [-0.3, -0.25) is 14.5 Å². The Labute approximate surface area is 211 Å². The number of hydrogen-bond donors (Lipinski definition) is 0. The van der Waals surface area contributed by atoms with Crippen LogP contribution in [0.2, 0.25) is 5.02 Å². The predicted molar refractivity (Wildman–Crippen MR) is 139 cm³/mol. The van der Waals surface area contributed by atoms with Crippen molar-refractivity contribution >= 4 is 28.3 Å². The van der Waals surface area contributed by atoms with Crippen LogP contribution in [0.25, 0.3) is 10.8 Å². The summed E-state index contributed by atoms with van der Waals surface area (Å²) in [5.74, 6) is -0.0351. The third kappa shape index (κ3) is 4.76. The molecule has 1 aromatic carbocycles. The normalized spacial score (nSPS) is 17.9. The van der Waals surface area contributed by atoms with E-state index in [1.54, 1.807) is 6.20 Å². The first-order chi connectivity index (χ1) is 16.9. The summed E-state index contributed by atoms with van der Waals surface area (Å²) in [4.78, 5) is 30.9. The highest BCUT2D eigenvalue weighted by Gasteiger charge is 2.27. The van der Waals surface area contributed by atoms with Crippen molar-refractivity contribution in [1.82, 2.24) is 24.1 Å². The summed E-state index contributed by atoms with van der Waals surface area (Å²) in [5, 5.41) is 6.53. The number of amides is 1. The van der Waals surface area contributed by atoms with E-state index in [0.29, 0.717) is 23.0 Å². The Kier molecular flexibility index (Phi) is 6.98. The van der Waals surface area contributed by atoms with E-state index in [1.165, 1.54) is 36.8 Å². The fraction of sp³-hybridized carbons (Fsp3) is 0.519. The average Bonchev–Trinajstić information content (AvgIpc) is 3.12. The number of carbonyl (C=O) groups excluding carboxylic acids is 1. The molecule has 8 heteroatoms. The molecule has 7 nitrogen and oxygen atoms in total. The van der Waals surface area contributed by atoms with Crippen molar-refractivity contribution in [2.45, 2.75) is 65.1 Å². The van der Waals surface area contributed by atoms with Crippen molar-refractivity contribution in [2.75, 3.05) is 26.2 Å². The van der Waals surface area contributed by atoms with Crippen LogP contribution in [0.1, 0.15) is 49.1 Å². The van der Waals surface area contributed by atoms with Crippen molar-refractivity contribution in [1.29, 1.82) is 0 Å². The standard InChI is InChI=1S/C27H34ClN5O2/c1-19-23-16-29-33(18-25(34)31-14-12-30(13-15-31)22-9-4-3-5-10-22)27(35)26(23)20(2)32(19)17-21-8-6-7-11-24(21)28/h6-8,11,16,22H,3-5,9-10,12-15,17-18H2,1-2H3. The van der Waals surface area contributed by atoms with Crippen molar-refractivity contribution in [3.63, 3.8) is 0 Å². The van der Waals surface area contributed by atoms with Crippen LogP contribution in [0.3, 0.4) is 0 Å². The SMILES string of the molecule is Cc1c2cnn(CC(=O)N3CCN(C4CCCCC4)CC3)c(=O)c2c(C)n1Cc1ccccc1Cl. The zero-order valence-electron chi connectivity index (χ0n) is 20.7. The van der Waals surface area contributed by atoms with Gasteiger partial charge in [0.2, 0.25) is 5.91 Å². The fourth-order valence-electron chi connectivity index (χ4n) is 5.80. The van der Waals surface area contributed by atoms with E-state index in [1.807, 2.05) is 43.0 Å². The van der Waals surface area contributed by atoms with Gasteiger partial charge in [-0.2, -0.15) is 5.10 Å². The number of nitrogens with zero attached hydrogens (tertiary/aromatic N) is 5. The molecule has 0 radical (unpaired) electrons. The van der Waals surface area contributed by atoms with Crippen molar-refractivity contribution < 1.29 is 4.79 Å².